The average molecular weight is 443 g/mol. The summed E-state index contributed by atoms with van der Waals surface area (Å²) in [5, 5.41) is 5.33. The Labute approximate surface area is 184 Å². The molecule has 168 valence electrons. The Morgan fingerprint density at radius 3 is 2.38 bits per heavy atom. The molecule has 1 aromatic heterocycles. The van der Waals surface area contributed by atoms with Crippen LogP contribution in [0.3, 0.4) is 0 Å². The summed E-state index contributed by atoms with van der Waals surface area (Å²) in [4.78, 5) is 24.1. The maximum absolute atomic E-state index is 13.0. The Morgan fingerprint density at radius 2 is 1.72 bits per heavy atom. The first-order valence-electron chi connectivity index (χ1n) is 10.2. The molecule has 0 spiro atoms. The van der Waals surface area contributed by atoms with Gasteiger partial charge in [0.15, 0.2) is 0 Å². The summed E-state index contributed by atoms with van der Waals surface area (Å²) in [6, 6.07) is 15.8. The number of hydrogen-bond donors (Lipinski definition) is 2. The van der Waals surface area contributed by atoms with Crippen LogP contribution in [0.4, 0.5) is 18.9 Å². The number of nitrogens with one attached hydrogen (secondary N) is 2. The molecule has 8 heteroatoms. The van der Waals surface area contributed by atoms with E-state index in [-0.39, 0.29) is 11.6 Å². The fourth-order valence-corrected chi connectivity index (χ4v) is 3.48. The molecule has 1 heterocycles. The maximum Gasteiger partial charge on any atom is 0.416 e. The van der Waals surface area contributed by atoms with E-state index in [1.807, 2.05) is 34.9 Å². The Hall–Kier alpha value is -3.55. The van der Waals surface area contributed by atoms with Crippen LogP contribution in [0.15, 0.2) is 60.7 Å². The third kappa shape index (κ3) is 5.57. The molecule has 0 unspecified atom stereocenters. The molecule has 0 saturated heterocycles. The van der Waals surface area contributed by atoms with Crippen molar-refractivity contribution in [3.63, 3.8) is 0 Å². The van der Waals surface area contributed by atoms with E-state index in [2.05, 4.69) is 10.6 Å². The lowest BCUT2D eigenvalue weighted by molar-refractivity contribution is -0.137. The lowest BCUT2D eigenvalue weighted by atomic mass is 10.1. The van der Waals surface area contributed by atoms with Gasteiger partial charge in [0.05, 0.1) is 11.1 Å². The first-order valence-corrected chi connectivity index (χ1v) is 10.2. The van der Waals surface area contributed by atoms with Crippen LogP contribution in [0.25, 0.3) is 11.3 Å². The summed E-state index contributed by atoms with van der Waals surface area (Å²) in [5.74, 6) is -0.599. The van der Waals surface area contributed by atoms with E-state index in [1.165, 1.54) is 19.1 Å². The second-order valence-electron chi connectivity index (χ2n) is 7.42. The molecule has 0 aliphatic carbocycles. The topological polar surface area (TPSA) is 63.1 Å². The van der Waals surface area contributed by atoms with Crippen molar-refractivity contribution in [2.24, 2.45) is 0 Å². The molecule has 2 aromatic carbocycles. The minimum atomic E-state index is -4.49. The summed E-state index contributed by atoms with van der Waals surface area (Å²) in [5.41, 5.74) is 2.04. The van der Waals surface area contributed by atoms with Crippen LogP contribution >= 0.6 is 0 Å². The summed E-state index contributed by atoms with van der Waals surface area (Å²) < 4.78 is 41.0. The van der Waals surface area contributed by atoms with E-state index < -0.39 is 17.6 Å². The number of carbonyl (C=O) groups excluding carboxylic acids is 2. The van der Waals surface area contributed by atoms with Crippen LogP contribution in [0.1, 0.15) is 35.0 Å². The molecule has 0 atom stereocenters. The number of nitrogens with zero attached hydrogens (tertiary/aromatic N) is 1. The molecule has 5 nitrogen and oxygen atoms in total. The number of aromatic nitrogens is 1. The van der Waals surface area contributed by atoms with Crippen LogP contribution in [0, 0.1) is 6.92 Å². The zero-order valence-electron chi connectivity index (χ0n) is 17.8. The Bertz CT molecular complexity index is 1110. The van der Waals surface area contributed by atoms with Gasteiger partial charge in [-0.2, -0.15) is 13.2 Å². The van der Waals surface area contributed by atoms with E-state index in [4.69, 9.17) is 0 Å². The van der Waals surface area contributed by atoms with Crippen molar-refractivity contribution in [3.05, 3.63) is 77.5 Å². The van der Waals surface area contributed by atoms with Crippen molar-refractivity contribution in [2.45, 2.75) is 33.0 Å². The van der Waals surface area contributed by atoms with Gasteiger partial charge in [-0.15, -0.1) is 0 Å². The quantitative estimate of drug-likeness (QED) is 0.489. The fraction of sp³-hybridized carbons (Fsp3) is 0.250. The van der Waals surface area contributed by atoms with Crippen molar-refractivity contribution in [2.75, 3.05) is 11.9 Å². The first kappa shape index (κ1) is 23.1. The Morgan fingerprint density at radius 1 is 1.00 bits per heavy atom. The monoisotopic (exact) mass is 443 g/mol. The molecule has 0 radical (unpaired) electrons. The number of carbonyl (C=O) groups is 2. The molecule has 2 N–H and O–H groups in total. The van der Waals surface area contributed by atoms with Crippen LogP contribution < -0.4 is 10.6 Å². The van der Waals surface area contributed by atoms with Gasteiger partial charge in [0, 0.05) is 37.1 Å². The summed E-state index contributed by atoms with van der Waals surface area (Å²) in [6.07, 6.45) is -3.84. The molecule has 0 aliphatic heterocycles. The van der Waals surface area contributed by atoms with Crippen molar-refractivity contribution < 1.29 is 22.8 Å². The summed E-state index contributed by atoms with van der Waals surface area (Å²) in [6.45, 7) is 4.30. The zero-order chi connectivity index (χ0) is 23.3. The van der Waals surface area contributed by atoms with Crippen LogP contribution in [-0.2, 0) is 17.5 Å². The number of rotatable bonds is 7. The summed E-state index contributed by atoms with van der Waals surface area (Å²) >= 11 is 0. The first-order chi connectivity index (χ1) is 15.2. The molecule has 3 aromatic rings. The van der Waals surface area contributed by atoms with Gasteiger partial charge in [0.25, 0.3) is 5.91 Å². The molecule has 2 amide bonds. The normalized spacial score (nSPS) is 11.3. The van der Waals surface area contributed by atoms with E-state index >= 15 is 0 Å². The number of alkyl halides is 3. The SMILES string of the molecule is CC(=O)NCCCn1c(-c2ccccc2)cc(C(=O)Nc2cccc(C(F)(F)F)c2)c1C. The van der Waals surface area contributed by atoms with Crippen molar-refractivity contribution in [1.82, 2.24) is 9.88 Å². The number of hydrogen-bond acceptors (Lipinski definition) is 2. The van der Waals surface area contributed by atoms with Crippen molar-refractivity contribution in [1.29, 1.82) is 0 Å². The molecular weight excluding hydrogens is 419 g/mol. The van der Waals surface area contributed by atoms with Crippen LogP contribution in [0.2, 0.25) is 0 Å². The second-order valence-corrected chi connectivity index (χ2v) is 7.42. The fourth-order valence-electron chi connectivity index (χ4n) is 3.48. The smallest absolute Gasteiger partial charge is 0.356 e. The predicted octanol–water partition coefficient (Wildman–Crippen LogP) is 5.26. The van der Waals surface area contributed by atoms with E-state index in [0.29, 0.717) is 30.8 Å². The minimum Gasteiger partial charge on any atom is -0.356 e. The number of benzene rings is 2. The second kappa shape index (κ2) is 9.72. The minimum absolute atomic E-state index is 0.0731. The van der Waals surface area contributed by atoms with Crippen LogP contribution in [-0.4, -0.2) is 22.9 Å². The van der Waals surface area contributed by atoms with Gasteiger partial charge in [0.1, 0.15) is 0 Å². The predicted molar refractivity (Wildman–Crippen MR) is 117 cm³/mol. The Balaban J connectivity index is 1.89. The van der Waals surface area contributed by atoms with Gasteiger partial charge in [-0.3, -0.25) is 9.59 Å². The highest BCUT2D eigenvalue weighted by Gasteiger charge is 2.30. The zero-order valence-corrected chi connectivity index (χ0v) is 17.8. The lowest BCUT2D eigenvalue weighted by Gasteiger charge is -2.13. The van der Waals surface area contributed by atoms with Crippen LogP contribution in [0.5, 0.6) is 0 Å². The summed E-state index contributed by atoms with van der Waals surface area (Å²) in [7, 11) is 0. The van der Waals surface area contributed by atoms with Crippen molar-refractivity contribution >= 4 is 17.5 Å². The van der Waals surface area contributed by atoms with Gasteiger partial charge in [-0.1, -0.05) is 36.4 Å². The van der Waals surface area contributed by atoms with E-state index in [0.717, 1.165) is 23.4 Å². The van der Waals surface area contributed by atoms with Gasteiger partial charge in [-0.25, -0.2) is 0 Å². The van der Waals surface area contributed by atoms with Gasteiger partial charge in [-0.05, 0) is 43.2 Å². The van der Waals surface area contributed by atoms with Gasteiger partial charge in [0.2, 0.25) is 5.91 Å². The molecule has 0 bridgehead atoms. The third-order valence-electron chi connectivity index (χ3n) is 5.06. The van der Waals surface area contributed by atoms with Gasteiger partial charge >= 0.3 is 6.18 Å². The highest BCUT2D eigenvalue weighted by atomic mass is 19.4. The maximum atomic E-state index is 13.0. The molecule has 0 saturated carbocycles. The largest absolute Gasteiger partial charge is 0.416 e. The molecule has 32 heavy (non-hydrogen) atoms. The van der Waals surface area contributed by atoms with E-state index in [1.54, 1.807) is 13.0 Å². The average Bonchev–Trinajstić information content (AvgIpc) is 3.08. The lowest BCUT2D eigenvalue weighted by Crippen LogP contribution is -2.22. The number of amides is 2. The number of anilines is 1. The van der Waals surface area contributed by atoms with E-state index in [9.17, 15) is 22.8 Å². The third-order valence-corrected chi connectivity index (χ3v) is 5.06. The molecule has 0 fully saturated rings. The number of halogens is 3. The highest BCUT2D eigenvalue weighted by molar-refractivity contribution is 6.06. The van der Waals surface area contributed by atoms with Crippen molar-refractivity contribution in [3.8, 4) is 11.3 Å². The molecule has 0 aliphatic rings. The highest BCUT2D eigenvalue weighted by Crippen LogP contribution is 2.31. The Kier molecular flexibility index (Phi) is 7.02. The van der Waals surface area contributed by atoms with Gasteiger partial charge < -0.3 is 15.2 Å². The molecule has 3 rings (SSSR count). The molecular formula is C24H24F3N3O2. The standard InChI is InChI=1S/C24H24F3N3O2/c1-16-21(23(32)29-20-11-6-10-19(14-20)24(25,26)27)15-22(18-8-4-3-5-9-18)30(16)13-7-12-28-17(2)31/h3-6,8-11,14-15H,7,12-13H2,1-2H3,(H,28,31)(H,29,32).